The molecule has 4 saturated carbocycles. The summed E-state index contributed by atoms with van der Waals surface area (Å²) in [5.41, 5.74) is 3.42. The van der Waals surface area contributed by atoms with Crippen molar-refractivity contribution in [1.82, 2.24) is 9.47 Å². The van der Waals surface area contributed by atoms with Gasteiger partial charge in [-0.2, -0.15) is 0 Å². The number of carbonyl (C=O) groups excluding carboxylic acids is 1. The molecule has 5 fully saturated rings. The Labute approximate surface area is 226 Å². The van der Waals surface area contributed by atoms with E-state index in [1.807, 2.05) is 13.0 Å². The number of ether oxygens (including phenoxy) is 2. The Hall–Kier alpha value is -1.22. The quantitative estimate of drug-likeness (QED) is 0.417. The summed E-state index contributed by atoms with van der Waals surface area (Å²) in [4.78, 5) is 15.8. The van der Waals surface area contributed by atoms with Crippen molar-refractivity contribution in [3.05, 3.63) is 27.4 Å². The number of phenols is 1. The van der Waals surface area contributed by atoms with E-state index in [9.17, 15) is 9.90 Å². The van der Waals surface area contributed by atoms with Crippen LogP contribution in [0.5, 0.6) is 5.75 Å². The van der Waals surface area contributed by atoms with Crippen LogP contribution in [0.4, 0.5) is 0 Å². The molecule has 0 amide bonds. The largest absolute Gasteiger partial charge is 0.506 e. The van der Waals surface area contributed by atoms with Crippen LogP contribution in [0.25, 0.3) is 10.9 Å². The van der Waals surface area contributed by atoms with Gasteiger partial charge in [-0.05, 0) is 85.2 Å². The summed E-state index contributed by atoms with van der Waals surface area (Å²) in [5.74, 6) is 3.41. The average Bonchev–Trinajstić information content (AvgIpc) is 3.12. The molecule has 36 heavy (non-hydrogen) atoms. The van der Waals surface area contributed by atoms with Gasteiger partial charge in [0, 0.05) is 53.8 Å². The fraction of sp³-hybridized carbons (Fsp3) is 0.679. The molecule has 6 nitrogen and oxygen atoms in total. The van der Waals surface area contributed by atoms with E-state index in [0.29, 0.717) is 41.1 Å². The van der Waals surface area contributed by atoms with Crippen LogP contribution in [0.3, 0.4) is 0 Å². The number of benzene rings is 1. The van der Waals surface area contributed by atoms with Crippen LogP contribution in [0.2, 0.25) is 0 Å². The second-order valence-corrected chi connectivity index (χ2v) is 13.8. The number of hydrogen-bond acceptors (Lipinski definition) is 6. The van der Waals surface area contributed by atoms with Crippen LogP contribution in [0.15, 0.2) is 10.5 Å². The molecule has 1 aromatic heterocycles. The summed E-state index contributed by atoms with van der Waals surface area (Å²) in [7, 11) is 2.06. The third-order valence-electron chi connectivity index (χ3n) is 9.10. The smallest absolute Gasteiger partial charge is 0.340 e. The monoisotopic (exact) mass is 576 g/mol. The molecule has 1 N–H and O–H groups in total. The van der Waals surface area contributed by atoms with E-state index in [1.54, 1.807) is 0 Å². The van der Waals surface area contributed by atoms with Crippen molar-refractivity contribution in [2.24, 2.45) is 24.8 Å². The molecule has 1 aromatic carbocycles. The lowest BCUT2D eigenvalue weighted by molar-refractivity contribution is 0.0340. The molecule has 196 valence electrons. The minimum atomic E-state index is -0.283. The Morgan fingerprint density at radius 3 is 2.44 bits per heavy atom. The molecule has 7 rings (SSSR count). The number of thioether (sulfide) groups is 1. The summed E-state index contributed by atoms with van der Waals surface area (Å²) >= 11 is 5.67. The molecule has 0 atom stereocenters. The lowest BCUT2D eigenvalue weighted by atomic mass is 9.56. The zero-order valence-electron chi connectivity index (χ0n) is 21.4. The van der Waals surface area contributed by atoms with Crippen molar-refractivity contribution < 1.29 is 19.4 Å². The van der Waals surface area contributed by atoms with Crippen LogP contribution < -0.4 is 0 Å². The zero-order chi connectivity index (χ0) is 25.0. The Morgan fingerprint density at radius 1 is 1.19 bits per heavy atom. The predicted octanol–water partition coefficient (Wildman–Crippen LogP) is 5.86. The molecular formula is C28H37BrN2O4S. The van der Waals surface area contributed by atoms with E-state index < -0.39 is 0 Å². The van der Waals surface area contributed by atoms with Crippen LogP contribution in [-0.2, 0) is 28.8 Å². The lowest BCUT2D eigenvalue weighted by Gasteiger charge is -2.56. The van der Waals surface area contributed by atoms with Crippen molar-refractivity contribution in [3.8, 4) is 5.75 Å². The van der Waals surface area contributed by atoms with Gasteiger partial charge in [0.25, 0.3) is 0 Å². The molecule has 0 spiro atoms. The molecule has 4 aliphatic carbocycles. The maximum Gasteiger partial charge on any atom is 0.340 e. The van der Waals surface area contributed by atoms with Gasteiger partial charge in [0.05, 0.1) is 35.4 Å². The molecular weight excluding hydrogens is 540 g/mol. The first kappa shape index (κ1) is 25.1. The van der Waals surface area contributed by atoms with E-state index in [4.69, 9.17) is 9.47 Å². The predicted molar refractivity (Wildman–Crippen MR) is 147 cm³/mol. The number of carbonyl (C=O) groups is 1. The highest BCUT2D eigenvalue weighted by atomic mass is 79.9. The van der Waals surface area contributed by atoms with Crippen molar-refractivity contribution in [2.75, 3.05) is 32.9 Å². The van der Waals surface area contributed by atoms with Crippen LogP contribution in [-0.4, -0.2) is 58.2 Å². The number of aromatic hydroxyl groups is 1. The minimum Gasteiger partial charge on any atom is -0.506 e. The molecule has 2 heterocycles. The number of fused-ring (bicyclic) bond motifs is 1. The summed E-state index contributed by atoms with van der Waals surface area (Å²) in [6.45, 7) is 5.75. The highest BCUT2D eigenvalue weighted by Crippen LogP contribution is 2.61. The van der Waals surface area contributed by atoms with Gasteiger partial charge in [0.15, 0.2) is 0 Å². The Bertz CT molecular complexity index is 1140. The number of morpholine rings is 1. The van der Waals surface area contributed by atoms with E-state index in [1.165, 1.54) is 38.5 Å². The maximum atomic E-state index is 13.5. The highest BCUT2D eigenvalue weighted by Gasteiger charge is 2.51. The average molecular weight is 578 g/mol. The molecule has 4 bridgehead atoms. The first-order valence-electron chi connectivity index (χ1n) is 13.5. The number of halogens is 1. The lowest BCUT2D eigenvalue weighted by Crippen LogP contribution is -2.48. The van der Waals surface area contributed by atoms with Gasteiger partial charge < -0.3 is 19.1 Å². The molecule has 2 aromatic rings. The molecule has 5 aliphatic rings. The van der Waals surface area contributed by atoms with Gasteiger partial charge in [-0.1, -0.05) is 0 Å². The van der Waals surface area contributed by atoms with Crippen LogP contribution >= 0.6 is 27.7 Å². The number of aryl methyl sites for hydroxylation is 1. The first-order valence-corrected chi connectivity index (χ1v) is 15.3. The standard InChI is InChI=1S/C28H37BrN2O4S/c1-3-35-27(33)25-23(16-36-28-12-17-8-18(13-28)10-19(9-17)14-28)30(2)22-11-21(29)26(32)20(24(22)25)15-31-4-6-34-7-5-31/h11,17-19,32H,3-10,12-16H2,1-2H3. The van der Waals surface area contributed by atoms with E-state index in [2.05, 4.69) is 44.2 Å². The Kier molecular flexibility index (Phi) is 6.84. The van der Waals surface area contributed by atoms with Gasteiger partial charge in [-0.25, -0.2) is 4.79 Å². The highest BCUT2D eigenvalue weighted by molar-refractivity contribution is 9.10. The van der Waals surface area contributed by atoms with Gasteiger partial charge in [0.1, 0.15) is 5.75 Å². The number of rotatable bonds is 7. The van der Waals surface area contributed by atoms with Gasteiger partial charge in [-0.15, -0.1) is 11.8 Å². The SMILES string of the molecule is CCOC(=O)c1c(CSC23CC4CC(CC(C4)C2)C3)n(C)c2cc(Br)c(O)c(CN3CCOCC3)c12. The summed E-state index contributed by atoms with van der Waals surface area (Å²) in [5, 5.41) is 12.0. The van der Waals surface area contributed by atoms with Gasteiger partial charge >= 0.3 is 5.97 Å². The topological polar surface area (TPSA) is 63.9 Å². The summed E-state index contributed by atoms with van der Waals surface area (Å²) in [6.07, 6.45) is 8.28. The van der Waals surface area contributed by atoms with Crippen molar-refractivity contribution in [2.45, 2.75) is 62.5 Å². The number of aromatic nitrogens is 1. The van der Waals surface area contributed by atoms with Crippen molar-refractivity contribution in [3.63, 3.8) is 0 Å². The maximum absolute atomic E-state index is 13.5. The van der Waals surface area contributed by atoms with Crippen LogP contribution in [0.1, 0.15) is 67.1 Å². The van der Waals surface area contributed by atoms with E-state index >= 15 is 0 Å². The third kappa shape index (κ3) is 4.40. The zero-order valence-corrected chi connectivity index (χ0v) is 23.8. The molecule has 8 heteroatoms. The fourth-order valence-electron chi connectivity index (χ4n) is 7.84. The molecule has 0 unspecified atom stereocenters. The van der Waals surface area contributed by atoms with Crippen LogP contribution in [0, 0.1) is 17.8 Å². The molecule has 1 saturated heterocycles. The fourth-order valence-corrected chi connectivity index (χ4v) is 10.1. The third-order valence-corrected chi connectivity index (χ3v) is 11.2. The normalized spacial score (nSPS) is 29.8. The number of phenolic OH excluding ortho intramolecular Hbond substituents is 1. The number of esters is 1. The molecule has 1 aliphatic heterocycles. The number of nitrogens with zero attached hydrogens (tertiary/aromatic N) is 2. The van der Waals surface area contributed by atoms with E-state index in [0.717, 1.165) is 58.8 Å². The Morgan fingerprint density at radius 2 is 1.83 bits per heavy atom. The number of hydrogen-bond donors (Lipinski definition) is 1. The van der Waals surface area contributed by atoms with Gasteiger partial charge in [-0.3, -0.25) is 4.90 Å². The van der Waals surface area contributed by atoms with Gasteiger partial charge in [0.2, 0.25) is 0 Å². The second kappa shape index (κ2) is 9.83. The van der Waals surface area contributed by atoms with Crippen molar-refractivity contribution in [1.29, 1.82) is 0 Å². The molecule has 0 radical (unpaired) electrons. The van der Waals surface area contributed by atoms with Crippen molar-refractivity contribution >= 4 is 44.6 Å². The Balaban J connectivity index is 1.41. The van der Waals surface area contributed by atoms with E-state index in [-0.39, 0.29) is 11.7 Å². The minimum absolute atomic E-state index is 0.213. The summed E-state index contributed by atoms with van der Waals surface area (Å²) in [6, 6.07) is 1.95. The first-order chi connectivity index (χ1) is 17.4. The summed E-state index contributed by atoms with van der Waals surface area (Å²) < 4.78 is 14.3. The second-order valence-electron chi connectivity index (χ2n) is 11.5.